The fourth-order valence-corrected chi connectivity index (χ4v) is 2.36. The Morgan fingerprint density at radius 1 is 0.583 bits per heavy atom. The maximum Gasteiger partial charge on any atom is 0.515 e. The van der Waals surface area contributed by atoms with Crippen molar-refractivity contribution in [1.82, 2.24) is 0 Å². The van der Waals surface area contributed by atoms with E-state index in [0.29, 0.717) is 17.2 Å². The first kappa shape index (κ1) is 27.5. The van der Waals surface area contributed by atoms with E-state index in [1.165, 1.54) is 0 Å². The Morgan fingerprint density at radius 2 is 1.03 bits per heavy atom. The molecule has 10 nitrogen and oxygen atoms in total. The zero-order chi connectivity index (χ0) is 26.0. The summed E-state index contributed by atoms with van der Waals surface area (Å²) in [5, 5.41) is 8.32. The highest BCUT2D eigenvalue weighted by Crippen LogP contribution is 2.11. The van der Waals surface area contributed by atoms with E-state index >= 15 is 0 Å². The summed E-state index contributed by atoms with van der Waals surface area (Å²) < 4.78 is 24.2. The maximum absolute atomic E-state index is 11.4. The third kappa shape index (κ3) is 12.5. The second-order valence-electron chi connectivity index (χ2n) is 6.74. The summed E-state index contributed by atoms with van der Waals surface area (Å²) in [6.45, 7) is -0.747. The number of carboxylic acids is 1. The number of carboxylic acid groups (broad SMARTS) is 1. The first-order valence-corrected chi connectivity index (χ1v) is 10.6. The summed E-state index contributed by atoms with van der Waals surface area (Å²) in [4.78, 5) is 43.9. The fourth-order valence-electron chi connectivity index (χ4n) is 2.36. The van der Waals surface area contributed by atoms with E-state index in [-0.39, 0.29) is 19.4 Å². The smallest absolute Gasteiger partial charge is 0.481 e. The van der Waals surface area contributed by atoms with Crippen LogP contribution in [-0.4, -0.2) is 42.6 Å². The average molecular weight is 496 g/mol. The van der Waals surface area contributed by atoms with Crippen LogP contribution in [0.4, 0.5) is 4.79 Å². The van der Waals surface area contributed by atoms with E-state index in [2.05, 4.69) is 4.74 Å². The average Bonchev–Trinajstić information content (AvgIpc) is 2.88. The normalized spacial score (nSPS) is 9.67. The number of aliphatic carboxylic acids is 1. The molecule has 1 N–H and O–H groups in total. The van der Waals surface area contributed by atoms with Gasteiger partial charge in [0.15, 0.2) is 6.79 Å². The minimum atomic E-state index is -1.00. The summed E-state index contributed by atoms with van der Waals surface area (Å²) in [5.74, 6) is -0.917. The molecule has 10 heteroatoms. The Bertz CT molecular complexity index is 1030. The zero-order valence-corrected chi connectivity index (χ0v) is 19.1. The lowest BCUT2D eigenvalue weighted by molar-refractivity contribution is -0.143. The van der Waals surface area contributed by atoms with Crippen molar-refractivity contribution in [1.29, 1.82) is 0 Å². The number of hydrogen-bond donors (Lipinski definition) is 1. The summed E-state index contributed by atoms with van der Waals surface area (Å²) in [6, 6.07) is 25.6. The Morgan fingerprint density at radius 3 is 1.50 bits per heavy atom. The Labute approximate surface area is 206 Å². The summed E-state index contributed by atoms with van der Waals surface area (Å²) in [6.07, 6.45) is -1.22. The molecule has 0 fully saturated rings. The molecule has 0 unspecified atom stereocenters. The molecule has 0 aliphatic rings. The molecule has 0 aromatic heterocycles. The SMILES string of the molecule is O=C(COCOC(=O)Oc1ccccc1)Oc1ccccc1.O=C(O)CCC(=O)Oc1ccccc1. The van der Waals surface area contributed by atoms with Crippen molar-refractivity contribution in [2.24, 2.45) is 0 Å². The van der Waals surface area contributed by atoms with Gasteiger partial charge < -0.3 is 28.8 Å². The lowest BCUT2D eigenvalue weighted by Crippen LogP contribution is -2.19. The quantitative estimate of drug-likeness (QED) is 0.143. The van der Waals surface area contributed by atoms with Crippen molar-refractivity contribution < 1.29 is 48.0 Å². The zero-order valence-electron chi connectivity index (χ0n) is 19.1. The molecule has 3 rings (SSSR count). The number of benzene rings is 3. The van der Waals surface area contributed by atoms with Crippen LogP contribution < -0.4 is 14.2 Å². The highest BCUT2D eigenvalue weighted by atomic mass is 16.8. The van der Waals surface area contributed by atoms with Gasteiger partial charge in [-0.3, -0.25) is 9.59 Å². The highest BCUT2D eigenvalue weighted by Gasteiger charge is 2.09. The van der Waals surface area contributed by atoms with Crippen molar-refractivity contribution in [3.63, 3.8) is 0 Å². The summed E-state index contributed by atoms with van der Waals surface area (Å²) in [5.41, 5.74) is 0. The van der Waals surface area contributed by atoms with Crippen LogP contribution >= 0.6 is 0 Å². The molecule has 0 saturated heterocycles. The summed E-state index contributed by atoms with van der Waals surface area (Å²) in [7, 11) is 0. The maximum atomic E-state index is 11.4. The Kier molecular flexibility index (Phi) is 12.3. The molecule has 188 valence electrons. The second kappa shape index (κ2) is 16.0. The van der Waals surface area contributed by atoms with Crippen LogP contribution in [0.2, 0.25) is 0 Å². The second-order valence-corrected chi connectivity index (χ2v) is 6.74. The molecule has 0 atom stereocenters. The van der Waals surface area contributed by atoms with Gasteiger partial charge in [-0.25, -0.2) is 9.59 Å². The molecule has 36 heavy (non-hydrogen) atoms. The molecule has 0 spiro atoms. The third-order valence-corrected chi connectivity index (χ3v) is 3.92. The van der Waals surface area contributed by atoms with E-state index in [4.69, 9.17) is 24.1 Å². The van der Waals surface area contributed by atoms with Crippen LogP contribution in [-0.2, 0) is 23.9 Å². The minimum absolute atomic E-state index is 0.107. The molecule has 0 radical (unpaired) electrons. The molecule has 3 aromatic rings. The lowest BCUT2D eigenvalue weighted by atomic mass is 10.3. The van der Waals surface area contributed by atoms with Gasteiger partial charge in [0, 0.05) is 0 Å². The topological polar surface area (TPSA) is 135 Å². The number of esters is 2. The number of para-hydroxylation sites is 3. The number of carbonyl (C=O) groups is 4. The molecular weight excluding hydrogens is 472 g/mol. The van der Waals surface area contributed by atoms with E-state index in [1.54, 1.807) is 91.0 Å². The Hall–Kier alpha value is -4.70. The van der Waals surface area contributed by atoms with Gasteiger partial charge in [0.05, 0.1) is 12.8 Å². The number of ether oxygens (including phenoxy) is 5. The van der Waals surface area contributed by atoms with Crippen LogP contribution in [0.3, 0.4) is 0 Å². The molecule has 3 aromatic carbocycles. The molecule has 0 aliphatic heterocycles. The van der Waals surface area contributed by atoms with Gasteiger partial charge in [-0.1, -0.05) is 54.6 Å². The molecule has 0 bridgehead atoms. The molecular formula is C26H24O10. The van der Waals surface area contributed by atoms with Crippen LogP contribution in [0.15, 0.2) is 91.0 Å². The van der Waals surface area contributed by atoms with Gasteiger partial charge in [0.1, 0.15) is 23.9 Å². The fraction of sp³-hybridized carbons (Fsp3) is 0.154. The van der Waals surface area contributed by atoms with Crippen LogP contribution in [0, 0.1) is 0 Å². The Balaban J connectivity index is 0.000000281. The van der Waals surface area contributed by atoms with Gasteiger partial charge in [0.2, 0.25) is 0 Å². The van der Waals surface area contributed by atoms with Crippen molar-refractivity contribution in [3.8, 4) is 17.2 Å². The van der Waals surface area contributed by atoms with E-state index in [9.17, 15) is 19.2 Å². The van der Waals surface area contributed by atoms with Gasteiger partial charge in [-0.2, -0.15) is 0 Å². The van der Waals surface area contributed by atoms with Crippen LogP contribution in [0.5, 0.6) is 17.2 Å². The first-order valence-electron chi connectivity index (χ1n) is 10.6. The number of carbonyl (C=O) groups excluding carboxylic acids is 3. The first-order chi connectivity index (χ1) is 17.4. The largest absolute Gasteiger partial charge is 0.515 e. The number of hydrogen-bond acceptors (Lipinski definition) is 9. The van der Waals surface area contributed by atoms with E-state index < -0.39 is 30.9 Å². The molecule has 0 amide bonds. The predicted molar refractivity (Wildman–Crippen MR) is 125 cm³/mol. The van der Waals surface area contributed by atoms with Gasteiger partial charge >= 0.3 is 24.1 Å². The van der Waals surface area contributed by atoms with Gasteiger partial charge in [0.25, 0.3) is 0 Å². The standard InChI is InChI=1S/C16H14O6.C10H10O4/c17-15(21-13-7-3-1-4-8-13)11-19-12-20-16(18)22-14-9-5-2-6-10-14;11-9(12)6-7-10(13)14-8-4-2-1-3-5-8/h1-10H,11-12H2;1-5H,6-7H2,(H,11,12). The van der Waals surface area contributed by atoms with Crippen LogP contribution in [0.1, 0.15) is 12.8 Å². The van der Waals surface area contributed by atoms with Crippen molar-refractivity contribution in [2.45, 2.75) is 12.8 Å². The predicted octanol–water partition coefficient (Wildman–Crippen LogP) is 4.24. The molecule has 0 saturated carbocycles. The number of rotatable bonds is 10. The van der Waals surface area contributed by atoms with Crippen LogP contribution in [0.25, 0.3) is 0 Å². The summed E-state index contributed by atoms with van der Waals surface area (Å²) >= 11 is 0. The van der Waals surface area contributed by atoms with E-state index in [0.717, 1.165) is 0 Å². The van der Waals surface area contributed by atoms with Crippen molar-refractivity contribution >= 4 is 24.1 Å². The molecule has 0 heterocycles. The third-order valence-electron chi connectivity index (χ3n) is 3.92. The van der Waals surface area contributed by atoms with Gasteiger partial charge in [-0.05, 0) is 36.4 Å². The molecule has 0 aliphatic carbocycles. The minimum Gasteiger partial charge on any atom is -0.481 e. The van der Waals surface area contributed by atoms with Crippen molar-refractivity contribution in [2.75, 3.05) is 13.4 Å². The van der Waals surface area contributed by atoms with E-state index in [1.807, 2.05) is 0 Å². The lowest BCUT2D eigenvalue weighted by Gasteiger charge is -2.07. The highest BCUT2D eigenvalue weighted by molar-refractivity contribution is 5.78. The van der Waals surface area contributed by atoms with Crippen molar-refractivity contribution in [3.05, 3.63) is 91.0 Å². The van der Waals surface area contributed by atoms with Gasteiger partial charge in [-0.15, -0.1) is 0 Å². The monoisotopic (exact) mass is 496 g/mol.